The van der Waals surface area contributed by atoms with Crippen LogP contribution in [-0.4, -0.2) is 47.4 Å². The molecule has 1 aromatic carbocycles. The number of hydrogen-bond acceptors (Lipinski definition) is 5. The highest BCUT2D eigenvalue weighted by molar-refractivity contribution is 5.93. The number of benzene rings is 1. The first-order valence-electron chi connectivity index (χ1n) is 8.38. The second-order valence-electron chi connectivity index (χ2n) is 6.77. The number of nitrogens with one attached hydrogen (secondary N) is 2. The number of carboxylic acid groups (broad SMARTS) is 1. The Labute approximate surface area is 151 Å². The van der Waals surface area contributed by atoms with Crippen LogP contribution in [0.25, 0.3) is 0 Å². The van der Waals surface area contributed by atoms with E-state index >= 15 is 0 Å². The summed E-state index contributed by atoms with van der Waals surface area (Å²) < 4.78 is 10.3. The van der Waals surface area contributed by atoms with Crippen LogP contribution in [0.4, 0.5) is 4.79 Å². The third kappa shape index (κ3) is 4.95. The van der Waals surface area contributed by atoms with Crippen molar-refractivity contribution in [2.24, 2.45) is 0 Å². The third-order valence-electron chi connectivity index (χ3n) is 4.30. The van der Waals surface area contributed by atoms with Crippen LogP contribution in [0.5, 0.6) is 0 Å². The maximum Gasteiger partial charge on any atom is 0.408 e. The van der Waals surface area contributed by atoms with Crippen molar-refractivity contribution < 1.29 is 29.0 Å². The van der Waals surface area contributed by atoms with Gasteiger partial charge in [0.15, 0.2) is 0 Å². The van der Waals surface area contributed by atoms with Crippen LogP contribution in [0, 0.1) is 0 Å². The molecule has 2 rings (SSSR count). The Balaban J connectivity index is 1.93. The molecule has 1 heterocycles. The molecule has 0 bridgehead atoms. The van der Waals surface area contributed by atoms with Gasteiger partial charge in [0.1, 0.15) is 17.7 Å². The number of hydrogen-bond donors (Lipinski definition) is 3. The average Bonchev–Trinajstić information content (AvgIpc) is 2.61. The molecule has 0 spiro atoms. The molecule has 0 aliphatic carbocycles. The van der Waals surface area contributed by atoms with Crippen molar-refractivity contribution in [1.29, 1.82) is 0 Å². The summed E-state index contributed by atoms with van der Waals surface area (Å²) in [5, 5.41) is 14.6. The van der Waals surface area contributed by atoms with Crippen molar-refractivity contribution in [2.45, 2.75) is 44.4 Å². The van der Waals surface area contributed by atoms with Gasteiger partial charge in [-0.25, -0.2) is 9.59 Å². The zero-order valence-corrected chi connectivity index (χ0v) is 14.9. The van der Waals surface area contributed by atoms with E-state index < -0.39 is 29.0 Å². The summed E-state index contributed by atoms with van der Waals surface area (Å²) in [4.78, 5) is 36.2. The van der Waals surface area contributed by atoms with Gasteiger partial charge in [-0.1, -0.05) is 30.3 Å². The van der Waals surface area contributed by atoms with Gasteiger partial charge in [-0.15, -0.1) is 0 Å². The quantitative estimate of drug-likeness (QED) is 0.704. The van der Waals surface area contributed by atoms with Crippen LogP contribution < -0.4 is 10.6 Å². The number of carbonyl (C=O) groups is 3. The second-order valence-corrected chi connectivity index (χ2v) is 6.77. The fourth-order valence-corrected chi connectivity index (χ4v) is 2.56. The Morgan fingerprint density at radius 3 is 2.38 bits per heavy atom. The van der Waals surface area contributed by atoms with E-state index in [-0.39, 0.29) is 32.7 Å². The molecule has 1 saturated heterocycles. The topological polar surface area (TPSA) is 114 Å². The number of ether oxygens (including phenoxy) is 2. The van der Waals surface area contributed by atoms with Gasteiger partial charge in [0.2, 0.25) is 5.91 Å². The molecule has 142 valence electrons. The van der Waals surface area contributed by atoms with E-state index in [1.54, 1.807) is 0 Å². The lowest BCUT2D eigenvalue weighted by atomic mass is 9.88. The van der Waals surface area contributed by atoms with Gasteiger partial charge in [-0.05, 0) is 19.4 Å². The maximum atomic E-state index is 12.6. The Morgan fingerprint density at radius 1 is 1.19 bits per heavy atom. The predicted molar refractivity (Wildman–Crippen MR) is 92.4 cm³/mol. The van der Waals surface area contributed by atoms with Gasteiger partial charge in [0, 0.05) is 26.1 Å². The zero-order chi connectivity index (χ0) is 19.2. The summed E-state index contributed by atoms with van der Waals surface area (Å²) >= 11 is 0. The maximum absolute atomic E-state index is 12.6. The molecule has 3 N–H and O–H groups in total. The molecular formula is C18H24N2O6. The summed E-state index contributed by atoms with van der Waals surface area (Å²) in [5.74, 6) is -1.71. The van der Waals surface area contributed by atoms with Gasteiger partial charge >= 0.3 is 12.1 Å². The Morgan fingerprint density at radius 2 is 1.81 bits per heavy atom. The minimum atomic E-state index is -1.39. The second kappa shape index (κ2) is 8.18. The van der Waals surface area contributed by atoms with E-state index in [0.717, 1.165) is 5.56 Å². The highest BCUT2D eigenvalue weighted by atomic mass is 16.5. The first-order valence-corrected chi connectivity index (χ1v) is 8.38. The molecule has 0 atom stereocenters. The average molecular weight is 364 g/mol. The molecule has 26 heavy (non-hydrogen) atoms. The number of carboxylic acids is 1. The fraction of sp³-hybridized carbons (Fsp3) is 0.500. The van der Waals surface area contributed by atoms with Crippen molar-refractivity contribution in [3.8, 4) is 0 Å². The highest BCUT2D eigenvalue weighted by Crippen LogP contribution is 2.22. The number of alkyl carbamates (subject to hydrolysis) is 1. The van der Waals surface area contributed by atoms with E-state index in [2.05, 4.69) is 10.6 Å². The summed E-state index contributed by atoms with van der Waals surface area (Å²) in [7, 11) is 0. The van der Waals surface area contributed by atoms with Crippen LogP contribution in [0.15, 0.2) is 30.3 Å². The molecule has 0 aromatic heterocycles. The fourth-order valence-electron chi connectivity index (χ4n) is 2.56. The number of rotatable bonds is 6. The minimum Gasteiger partial charge on any atom is -0.480 e. The normalized spacial score (nSPS) is 16.4. The standard InChI is InChI=1S/C18H24N2O6/c1-17(2,20-16(24)26-12-13-6-4-3-5-7-13)14(21)19-18(15(22)23)8-10-25-11-9-18/h3-7H,8-12H2,1-2H3,(H,19,21)(H,20,24)(H,22,23). The van der Waals surface area contributed by atoms with Gasteiger partial charge in [-0.2, -0.15) is 0 Å². The summed E-state index contributed by atoms with van der Waals surface area (Å²) in [6.45, 7) is 3.54. The van der Waals surface area contributed by atoms with Crippen molar-refractivity contribution in [3.63, 3.8) is 0 Å². The monoisotopic (exact) mass is 364 g/mol. The molecule has 1 fully saturated rings. The van der Waals surface area contributed by atoms with E-state index in [1.165, 1.54) is 13.8 Å². The number of aliphatic carboxylic acids is 1. The molecular weight excluding hydrogens is 340 g/mol. The van der Waals surface area contributed by atoms with Crippen molar-refractivity contribution >= 4 is 18.0 Å². The SMILES string of the molecule is CC(C)(NC(=O)OCc1ccccc1)C(=O)NC1(C(=O)O)CCOCC1. The lowest BCUT2D eigenvalue weighted by Gasteiger charge is -2.36. The lowest BCUT2D eigenvalue weighted by molar-refractivity contribution is -0.153. The smallest absolute Gasteiger partial charge is 0.408 e. The highest BCUT2D eigenvalue weighted by Gasteiger charge is 2.44. The Hall–Kier alpha value is -2.61. The predicted octanol–water partition coefficient (Wildman–Crippen LogP) is 1.44. The minimum absolute atomic E-state index is 0.0702. The van der Waals surface area contributed by atoms with Gasteiger partial charge in [0.05, 0.1) is 0 Å². The number of carbonyl (C=O) groups excluding carboxylic acids is 2. The van der Waals surface area contributed by atoms with Crippen molar-refractivity contribution in [2.75, 3.05) is 13.2 Å². The molecule has 1 aliphatic heterocycles. The molecule has 8 heteroatoms. The van der Waals surface area contributed by atoms with Crippen LogP contribution in [0.1, 0.15) is 32.3 Å². The van der Waals surface area contributed by atoms with E-state index in [4.69, 9.17) is 9.47 Å². The van der Waals surface area contributed by atoms with Crippen LogP contribution in [-0.2, 0) is 25.7 Å². The summed E-state index contributed by atoms with van der Waals surface area (Å²) in [6.07, 6.45) is -0.420. The van der Waals surface area contributed by atoms with E-state index in [0.29, 0.717) is 0 Å². The molecule has 0 saturated carbocycles. The first kappa shape index (κ1) is 19.7. The van der Waals surface area contributed by atoms with Crippen LogP contribution in [0.2, 0.25) is 0 Å². The Kier molecular flexibility index (Phi) is 6.20. The molecule has 0 unspecified atom stereocenters. The van der Waals surface area contributed by atoms with Gasteiger partial charge in [0.25, 0.3) is 0 Å². The third-order valence-corrected chi connectivity index (χ3v) is 4.30. The molecule has 1 aliphatic rings. The van der Waals surface area contributed by atoms with Crippen LogP contribution in [0.3, 0.4) is 0 Å². The number of amides is 2. The first-order chi connectivity index (χ1) is 12.3. The molecule has 1 aromatic rings. The van der Waals surface area contributed by atoms with E-state index in [1.807, 2.05) is 30.3 Å². The zero-order valence-electron chi connectivity index (χ0n) is 14.9. The molecule has 0 radical (unpaired) electrons. The molecule has 8 nitrogen and oxygen atoms in total. The summed E-state index contributed by atoms with van der Waals surface area (Å²) in [6, 6.07) is 9.13. The van der Waals surface area contributed by atoms with Crippen molar-refractivity contribution in [3.05, 3.63) is 35.9 Å². The van der Waals surface area contributed by atoms with Gasteiger partial charge in [-0.3, -0.25) is 4.79 Å². The van der Waals surface area contributed by atoms with Crippen LogP contribution >= 0.6 is 0 Å². The summed E-state index contributed by atoms with van der Waals surface area (Å²) in [5.41, 5.74) is -1.91. The lowest BCUT2D eigenvalue weighted by Crippen LogP contribution is -2.64. The van der Waals surface area contributed by atoms with Gasteiger partial charge < -0.3 is 25.2 Å². The van der Waals surface area contributed by atoms with Crippen molar-refractivity contribution in [1.82, 2.24) is 10.6 Å². The largest absolute Gasteiger partial charge is 0.480 e. The Bertz CT molecular complexity index is 653. The molecule has 2 amide bonds. The van der Waals surface area contributed by atoms with E-state index in [9.17, 15) is 19.5 Å².